The van der Waals surface area contributed by atoms with Crippen molar-refractivity contribution in [1.82, 2.24) is 0 Å². The summed E-state index contributed by atoms with van der Waals surface area (Å²) in [6.07, 6.45) is -0.0199. The highest BCUT2D eigenvalue weighted by Crippen LogP contribution is 2.27. The molecule has 0 fully saturated rings. The second-order valence-electron chi connectivity index (χ2n) is 5.88. The fourth-order valence-corrected chi connectivity index (χ4v) is 4.31. The van der Waals surface area contributed by atoms with Crippen LogP contribution < -0.4 is 5.32 Å². The molecule has 0 unspecified atom stereocenters. The molecule has 6 nitrogen and oxygen atoms in total. The Morgan fingerprint density at radius 1 is 1.15 bits per heavy atom. The largest absolute Gasteiger partial charge is 0.506 e. The van der Waals surface area contributed by atoms with Gasteiger partial charge in [0.2, 0.25) is 5.91 Å². The molecular formula is C18H21NO5S2. The number of amides is 1. The van der Waals surface area contributed by atoms with Gasteiger partial charge in [0.05, 0.1) is 16.3 Å². The zero-order valence-corrected chi connectivity index (χ0v) is 16.5. The molecule has 0 spiro atoms. The zero-order valence-electron chi connectivity index (χ0n) is 14.8. The van der Waals surface area contributed by atoms with Crippen LogP contribution in [0, 0.1) is 13.8 Å². The molecule has 2 N–H and O–H groups in total. The third-order valence-corrected chi connectivity index (χ3v) is 6.60. The van der Waals surface area contributed by atoms with Gasteiger partial charge in [-0.05, 0) is 38.1 Å². The number of phenolic OH excluding ortho intramolecular Hbond substituents is 1. The molecule has 0 saturated carbocycles. The molecule has 0 saturated heterocycles. The number of hydrogen-bond donors (Lipinski definition) is 2. The molecule has 1 aromatic heterocycles. The van der Waals surface area contributed by atoms with Gasteiger partial charge >= 0.3 is 0 Å². The Morgan fingerprint density at radius 3 is 2.42 bits per heavy atom. The van der Waals surface area contributed by atoms with Crippen LogP contribution in [0.1, 0.15) is 39.9 Å². The van der Waals surface area contributed by atoms with Crippen LogP contribution in [0.5, 0.6) is 5.75 Å². The Bertz CT molecular complexity index is 944. The average molecular weight is 396 g/mol. The number of thiophene rings is 1. The first-order chi connectivity index (χ1) is 12.1. The van der Waals surface area contributed by atoms with Crippen LogP contribution in [0.2, 0.25) is 0 Å². The Balaban J connectivity index is 2.05. The maximum Gasteiger partial charge on any atom is 0.224 e. The van der Waals surface area contributed by atoms with Gasteiger partial charge in [-0.3, -0.25) is 9.59 Å². The summed E-state index contributed by atoms with van der Waals surface area (Å²) in [5, 5.41) is 12.3. The predicted octanol–water partition coefficient (Wildman–Crippen LogP) is 3.47. The van der Waals surface area contributed by atoms with E-state index in [9.17, 15) is 23.1 Å². The van der Waals surface area contributed by atoms with Crippen molar-refractivity contribution in [3.8, 4) is 5.75 Å². The van der Waals surface area contributed by atoms with Gasteiger partial charge in [0.1, 0.15) is 5.75 Å². The number of ketones is 1. The van der Waals surface area contributed by atoms with Crippen LogP contribution in [0.25, 0.3) is 0 Å². The lowest BCUT2D eigenvalue weighted by Gasteiger charge is -2.09. The van der Waals surface area contributed by atoms with Crippen LogP contribution in [0.15, 0.2) is 29.2 Å². The predicted molar refractivity (Wildman–Crippen MR) is 102 cm³/mol. The second kappa shape index (κ2) is 8.01. The van der Waals surface area contributed by atoms with Crippen molar-refractivity contribution in [2.75, 3.05) is 11.1 Å². The van der Waals surface area contributed by atoms with E-state index < -0.39 is 15.7 Å². The van der Waals surface area contributed by atoms with Crippen molar-refractivity contribution in [1.29, 1.82) is 0 Å². The number of hydrogen-bond acceptors (Lipinski definition) is 6. The highest BCUT2D eigenvalue weighted by atomic mass is 32.2. The lowest BCUT2D eigenvalue weighted by molar-refractivity contribution is -0.116. The van der Waals surface area contributed by atoms with Crippen LogP contribution in [-0.2, 0) is 14.6 Å². The minimum atomic E-state index is -3.45. The Labute approximate surface area is 156 Å². The first-order valence-electron chi connectivity index (χ1n) is 8.10. The third kappa shape index (κ3) is 4.70. The number of sulfone groups is 1. The number of anilines is 1. The number of Topliss-reactive ketones (excluding diaryl/α,β-unsaturated/α-hetero) is 1. The molecule has 1 amide bonds. The maximum atomic E-state index is 12.2. The second-order valence-corrected chi connectivity index (χ2v) is 9.62. The van der Waals surface area contributed by atoms with Gasteiger partial charge in [-0.1, -0.05) is 6.92 Å². The molecule has 2 rings (SSSR count). The van der Waals surface area contributed by atoms with E-state index in [0.29, 0.717) is 5.56 Å². The first-order valence-corrected chi connectivity index (χ1v) is 10.6. The van der Waals surface area contributed by atoms with Crippen molar-refractivity contribution >= 4 is 38.6 Å². The van der Waals surface area contributed by atoms with E-state index in [-0.39, 0.29) is 40.7 Å². The van der Waals surface area contributed by atoms with E-state index in [1.165, 1.54) is 36.5 Å². The molecule has 2 aromatic rings. The molecule has 0 radical (unpaired) electrons. The van der Waals surface area contributed by atoms with Crippen molar-refractivity contribution in [3.05, 3.63) is 39.6 Å². The number of carbonyl (C=O) groups excluding carboxylic acids is 2. The molecule has 0 aliphatic rings. The summed E-state index contributed by atoms with van der Waals surface area (Å²) < 4.78 is 23.8. The monoisotopic (exact) mass is 395 g/mol. The van der Waals surface area contributed by atoms with Gasteiger partial charge in [0.25, 0.3) is 0 Å². The highest BCUT2D eigenvalue weighted by molar-refractivity contribution is 7.91. The van der Waals surface area contributed by atoms with Crippen molar-refractivity contribution in [2.45, 2.75) is 38.5 Å². The lowest BCUT2D eigenvalue weighted by atomic mass is 10.1. The highest BCUT2D eigenvalue weighted by Gasteiger charge is 2.17. The fraction of sp³-hybridized carbons (Fsp3) is 0.333. The van der Waals surface area contributed by atoms with Crippen molar-refractivity contribution in [2.24, 2.45) is 0 Å². The number of aromatic hydroxyl groups is 1. The molecule has 1 aromatic carbocycles. The van der Waals surface area contributed by atoms with E-state index in [0.717, 1.165) is 9.75 Å². The van der Waals surface area contributed by atoms with Gasteiger partial charge in [-0.25, -0.2) is 8.42 Å². The minimum Gasteiger partial charge on any atom is -0.506 e. The summed E-state index contributed by atoms with van der Waals surface area (Å²) in [7, 11) is -3.45. The van der Waals surface area contributed by atoms with Gasteiger partial charge in [-0.15, -0.1) is 11.3 Å². The topological polar surface area (TPSA) is 101 Å². The zero-order chi connectivity index (χ0) is 19.5. The van der Waals surface area contributed by atoms with Crippen LogP contribution >= 0.6 is 11.3 Å². The van der Waals surface area contributed by atoms with E-state index in [2.05, 4.69) is 5.32 Å². The average Bonchev–Trinajstić information content (AvgIpc) is 2.93. The summed E-state index contributed by atoms with van der Waals surface area (Å²) >= 11 is 1.53. The first kappa shape index (κ1) is 20.1. The van der Waals surface area contributed by atoms with Crippen molar-refractivity contribution < 1.29 is 23.1 Å². The number of benzene rings is 1. The number of phenols is 1. The van der Waals surface area contributed by atoms with Gasteiger partial charge < -0.3 is 10.4 Å². The lowest BCUT2D eigenvalue weighted by Crippen LogP contribution is -2.14. The van der Waals surface area contributed by atoms with E-state index >= 15 is 0 Å². The Kier molecular flexibility index (Phi) is 6.20. The molecule has 0 aliphatic heterocycles. The van der Waals surface area contributed by atoms with E-state index in [1.54, 1.807) is 0 Å². The van der Waals surface area contributed by atoms with Crippen LogP contribution in [-0.4, -0.2) is 31.0 Å². The normalized spacial score (nSPS) is 11.3. The molecule has 0 bridgehead atoms. The third-order valence-electron chi connectivity index (χ3n) is 3.90. The smallest absolute Gasteiger partial charge is 0.224 e. The quantitative estimate of drug-likeness (QED) is 0.552. The molecule has 8 heteroatoms. The SMILES string of the molecule is CCS(=O)(=O)c1ccc(O)c(NC(=O)CCC(=O)c2cc(C)sc2C)c1. The summed E-state index contributed by atoms with van der Waals surface area (Å²) in [4.78, 5) is 26.3. The van der Waals surface area contributed by atoms with Gasteiger partial charge in [-0.2, -0.15) is 0 Å². The standard InChI is InChI=1S/C18H21NO5S2/c1-4-26(23,24)13-5-6-17(21)15(10-13)19-18(22)8-7-16(20)14-9-11(2)25-12(14)3/h5-6,9-10,21H,4,7-8H2,1-3H3,(H,19,22). The summed E-state index contributed by atoms with van der Waals surface area (Å²) in [6.45, 7) is 5.30. The Hall–Kier alpha value is -2.19. The summed E-state index contributed by atoms with van der Waals surface area (Å²) in [6, 6.07) is 5.54. The van der Waals surface area contributed by atoms with Gasteiger partial charge in [0, 0.05) is 28.2 Å². The van der Waals surface area contributed by atoms with Crippen LogP contribution in [0.3, 0.4) is 0 Å². The number of aryl methyl sites for hydroxylation is 2. The van der Waals surface area contributed by atoms with E-state index in [4.69, 9.17) is 0 Å². The molecule has 140 valence electrons. The Morgan fingerprint density at radius 2 is 1.85 bits per heavy atom. The molecule has 1 heterocycles. The minimum absolute atomic E-state index is 0.0135. The van der Waals surface area contributed by atoms with E-state index in [1.807, 2.05) is 19.9 Å². The maximum absolute atomic E-state index is 12.2. The summed E-state index contributed by atoms with van der Waals surface area (Å²) in [5.41, 5.74) is 0.638. The van der Waals surface area contributed by atoms with Gasteiger partial charge in [0.15, 0.2) is 15.6 Å². The summed E-state index contributed by atoms with van der Waals surface area (Å²) in [5.74, 6) is -0.902. The van der Waals surface area contributed by atoms with Crippen LogP contribution in [0.4, 0.5) is 5.69 Å². The number of nitrogens with one attached hydrogen (secondary N) is 1. The molecule has 26 heavy (non-hydrogen) atoms. The van der Waals surface area contributed by atoms with Crippen molar-refractivity contribution in [3.63, 3.8) is 0 Å². The number of carbonyl (C=O) groups is 2. The molecule has 0 aliphatic carbocycles. The fourth-order valence-electron chi connectivity index (χ4n) is 2.46. The molecule has 0 atom stereocenters. The number of rotatable bonds is 7. The molecular weight excluding hydrogens is 374 g/mol.